The van der Waals surface area contributed by atoms with Gasteiger partial charge in [0.05, 0.1) is 0 Å². The Kier molecular flexibility index (Phi) is 24.0. The van der Waals surface area contributed by atoms with Gasteiger partial charge in [-0.15, -0.1) is 50.9 Å². The van der Waals surface area contributed by atoms with Gasteiger partial charge in [-0.3, -0.25) is 0 Å². The van der Waals surface area contributed by atoms with Crippen LogP contribution in [0.2, 0.25) is 0 Å². The monoisotopic (exact) mass is 377 g/mol. The molecule has 74 valence electrons. The van der Waals surface area contributed by atoms with Gasteiger partial charge in [-0.1, -0.05) is 0 Å². The van der Waals surface area contributed by atoms with Crippen molar-refractivity contribution in [3.8, 4) is 0 Å². The zero-order valence-corrected chi connectivity index (χ0v) is 12.0. The van der Waals surface area contributed by atoms with Gasteiger partial charge in [0.25, 0.3) is 0 Å². The molecule has 0 fully saturated rings. The molecule has 0 unspecified atom stereocenters. The summed E-state index contributed by atoms with van der Waals surface area (Å²) in [5.41, 5.74) is 15.3. The predicted molar refractivity (Wildman–Crippen MR) is 65.7 cm³/mol. The molecule has 0 aromatic carbocycles. The Morgan fingerprint density at radius 1 is 0.818 bits per heavy atom. The first-order valence-corrected chi connectivity index (χ1v) is 4.62. The molecule has 0 spiro atoms. The molecule has 11 heavy (non-hydrogen) atoms. The highest BCUT2D eigenvalue weighted by molar-refractivity contribution is 8.93. The minimum Gasteiger partial charge on any atom is -0.324 e. The number of rotatable bonds is 3. The van der Waals surface area contributed by atoms with Crippen molar-refractivity contribution in [3.63, 3.8) is 0 Å². The van der Waals surface area contributed by atoms with Gasteiger partial charge in [-0.05, 0) is 0 Å². The highest BCUT2D eigenvalue weighted by atomic mass is 79.9. The molecule has 0 saturated carbocycles. The Bertz CT molecular complexity index is 95.0. The quantitative estimate of drug-likeness (QED) is 0.633. The molecule has 0 aromatic rings. The second-order valence-electron chi connectivity index (χ2n) is 1.61. The van der Waals surface area contributed by atoms with E-state index in [9.17, 15) is 4.57 Å². The molecule has 0 radical (unpaired) electrons. The van der Waals surface area contributed by atoms with Crippen molar-refractivity contribution in [2.75, 3.05) is 18.9 Å². The lowest BCUT2D eigenvalue weighted by molar-refractivity contribution is 0.575. The molecule has 0 bridgehead atoms. The maximum Gasteiger partial charge on any atom is 0.126 e. The third-order valence-corrected chi connectivity index (χ3v) is 2.99. The highest BCUT2D eigenvalue weighted by Crippen LogP contribution is 2.38. The average molecular weight is 380 g/mol. The van der Waals surface area contributed by atoms with Crippen LogP contribution >= 0.6 is 58.1 Å². The number of hydrogen-bond donors (Lipinski definition) is 3. The van der Waals surface area contributed by atoms with Gasteiger partial charge in [0, 0.05) is 18.9 Å². The Labute approximate surface area is 98.3 Å². The van der Waals surface area contributed by atoms with E-state index in [4.69, 9.17) is 17.2 Å². The summed E-state index contributed by atoms with van der Waals surface area (Å²) in [6, 6.07) is 0. The molecule has 0 rings (SSSR count). The van der Waals surface area contributed by atoms with Gasteiger partial charge in [0.1, 0.15) is 7.14 Å². The number of nitrogens with two attached hydrogens (primary N) is 3. The van der Waals surface area contributed by atoms with E-state index in [1.54, 1.807) is 0 Å². The first-order chi connectivity index (χ1) is 3.68. The summed E-state index contributed by atoms with van der Waals surface area (Å²) in [4.78, 5) is 0. The standard InChI is InChI=1S/C3H12N3OP.3BrH/c4-1-8(7,2-5)3-6;;;/h1-6H2;3*1H. The van der Waals surface area contributed by atoms with Crippen molar-refractivity contribution in [2.45, 2.75) is 0 Å². The van der Waals surface area contributed by atoms with Crippen molar-refractivity contribution < 1.29 is 4.57 Å². The van der Waals surface area contributed by atoms with Crippen LogP contribution in [0.4, 0.5) is 0 Å². The molecular weight excluding hydrogens is 365 g/mol. The predicted octanol–water partition coefficient (Wildman–Crippen LogP) is 0.832. The molecule has 0 saturated heterocycles. The Morgan fingerprint density at radius 3 is 1.00 bits per heavy atom. The van der Waals surface area contributed by atoms with Crippen LogP contribution in [0.3, 0.4) is 0 Å². The Balaban J connectivity index is -0.0000000817. The topological polar surface area (TPSA) is 95.1 Å². The second kappa shape index (κ2) is 11.6. The minimum atomic E-state index is -2.33. The second-order valence-corrected chi connectivity index (χ2v) is 4.82. The van der Waals surface area contributed by atoms with Crippen LogP contribution in [0, 0.1) is 0 Å². The van der Waals surface area contributed by atoms with E-state index in [0.717, 1.165) is 0 Å². The summed E-state index contributed by atoms with van der Waals surface area (Å²) in [7, 11) is -2.33. The van der Waals surface area contributed by atoms with Crippen LogP contribution in [0.5, 0.6) is 0 Å². The van der Waals surface area contributed by atoms with E-state index in [1.807, 2.05) is 0 Å². The fourth-order valence-corrected chi connectivity index (χ4v) is 0.671. The maximum absolute atomic E-state index is 10.9. The third kappa shape index (κ3) is 9.46. The van der Waals surface area contributed by atoms with Crippen molar-refractivity contribution in [1.29, 1.82) is 0 Å². The summed E-state index contributed by atoms with van der Waals surface area (Å²) >= 11 is 0. The van der Waals surface area contributed by atoms with Crippen molar-refractivity contribution in [3.05, 3.63) is 0 Å². The van der Waals surface area contributed by atoms with Crippen LogP contribution in [0.1, 0.15) is 0 Å². The van der Waals surface area contributed by atoms with Crippen LogP contribution in [-0.2, 0) is 4.57 Å². The molecule has 6 N–H and O–H groups in total. The van der Waals surface area contributed by atoms with Gasteiger partial charge in [-0.2, -0.15) is 0 Å². The summed E-state index contributed by atoms with van der Waals surface area (Å²) < 4.78 is 10.9. The Hall–Kier alpha value is 1.55. The number of hydrogen-bond acceptors (Lipinski definition) is 4. The molecular formula is C3H15Br3N3OP. The molecule has 0 amide bonds. The lowest BCUT2D eigenvalue weighted by atomic mass is 11.5. The van der Waals surface area contributed by atoms with Crippen molar-refractivity contribution in [1.82, 2.24) is 0 Å². The maximum atomic E-state index is 10.9. The normalized spacial score (nSPS) is 8.64. The highest BCUT2D eigenvalue weighted by Gasteiger charge is 2.13. The molecule has 0 atom stereocenters. The molecule has 4 nitrogen and oxygen atoms in total. The zero-order valence-electron chi connectivity index (χ0n) is 5.93. The van der Waals surface area contributed by atoms with Crippen LogP contribution < -0.4 is 17.2 Å². The smallest absolute Gasteiger partial charge is 0.126 e. The molecule has 0 aliphatic heterocycles. The van der Waals surface area contributed by atoms with E-state index >= 15 is 0 Å². The van der Waals surface area contributed by atoms with E-state index in [0.29, 0.717) is 0 Å². The van der Waals surface area contributed by atoms with E-state index in [-0.39, 0.29) is 69.8 Å². The summed E-state index contributed by atoms with van der Waals surface area (Å²) in [6.07, 6.45) is 0.375. The lowest BCUT2D eigenvalue weighted by Gasteiger charge is -2.08. The van der Waals surface area contributed by atoms with Crippen LogP contribution in [0.25, 0.3) is 0 Å². The fourth-order valence-electron chi connectivity index (χ4n) is 0.224. The van der Waals surface area contributed by atoms with E-state index < -0.39 is 7.14 Å². The van der Waals surface area contributed by atoms with Crippen molar-refractivity contribution in [2.24, 2.45) is 17.2 Å². The lowest BCUT2D eigenvalue weighted by Crippen LogP contribution is -2.16. The average Bonchev–Trinajstić information content (AvgIpc) is 1.87. The third-order valence-electron chi connectivity index (χ3n) is 0.998. The molecule has 0 aromatic heterocycles. The molecule has 0 aliphatic carbocycles. The SMILES string of the molecule is Br.Br.Br.NCP(=O)(CN)CN. The molecule has 8 heteroatoms. The fraction of sp³-hybridized carbons (Fsp3) is 1.00. The minimum absolute atomic E-state index is 0. The molecule has 0 heterocycles. The Morgan fingerprint density at radius 2 is 1.00 bits per heavy atom. The van der Waals surface area contributed by atoms with Gasteiger partial charge < -0.3 is 21.8 Å². The van der Waals surface area contributed by atoms with Gasteiger partial charge in [0.2, 0.25) is 0 Å². The van der Waals surface area contributed by atoms with Crippen LogP contribution in [0.15, 0.2) is 0 Å². The summed E-state index contributed by atoms with van der Waals surface area (Å²) in [5, 5.41) is 0. The summed E-state index contributed by atoms with van der Waals surface area (Å²) in [6.45, 7) is 0. The first kappa shape index (κ1) is 22.9. The largest absolute Gasteiger partial charge is 0.324 e. The van der Waals surface area contributed by atoms with Crippen LogP contribution in [-0.4, -0.2) is 18.9 Å². The van der Waals surface area contributed by atoms with Crippen molar-refractivity contribution >= 4 is 58.1 Å². The van der Waals surface area contributed by atoms with Gasteiger partial charge in [0.15, 0.2) is 0 Å². The zero-order chi connectivity index (χ0) is 6.62. The first-order valence-electron chi connectivity index (χ1n) is 2.36. The summed E-state index contributed by atoms with van der Waals surface area (Å²) in [5.74, 6) is 0. The number of halogens is 3. The van der Waals surface area contributed by atoms with E-state index in [2.05, 4.69) is 0 Å². The van der Waals surface area contributed by atoms with Gasteiger partial charge in [-0.25, -0.2) is 0 Å². The molecule has 0 aliphatic rings. The van der Waals surface area contributed by atoms with Gasteiger partial charge >= 0.3 is 0 Å². The van der Waals surface area contributed by atoms with E-state index in [1.165, 1.54) is 0 Å².